The number of halogens is 2. The lowest BCUT2D eigenvalue weighted by molar-refractivity contribution is 0.0800. The molecule has 0 saturated heterocycles. The molecule has 5 rings (SSSR count). The lowest BCUT2D eigenvalue weighted by atomic mass is 10.1. The molecule has 0 fully saturated rings. The summed E-state index contributed by atoms with van der Waals surface area (Å²) in [4.78, 5) is 31.0. The Hall–Kier alpha value is -3.20. The molecular weight excluding hydrogens is 463 g/mol. The van der Waals surface area contributed by atoms with Crippen molar-refractivity contribution in [2.24, 2.45) is 0 Å². The van der Waals surface area contributed by atoms with Crippen LogP contribution < -0.4 is 5.32 Å². The number of aromatic amines is 1. The number of nitrogens with zero attached hydrogens (tertiary/aromatic N) is 4. The maximum Gasteiger partial charge on any atom is 0.256 e. The van der Waals surface area contributed by atoms with E-state index in [1.807, 2.05) is 18.2 Å². The Kier molecular flexibility index (Phi) is 5.65. The predicted octanol–water partition coefficient (Wildman–Crippen LogP) is 4.36. The number of benzene rings is 2. The number of fused-ring (bicyclic) bond motifs is 2. The molecule has 3 heterocycles. The Balaban J connectivity index is 1.51. The Bertz CT molecular complexity index is 1390. The number of hydrogen-bond acceptors (Lipinski definition) is 6. The van der Waals surface area contributed by atoms with Gasteiger partial charge >= 0.3 is 0 Å². The monoisotopic (exact) mass is 482 g/mol. The molecule has 2 aromatic carbocycles. The third-order valence-corrected chi connectivity index (χ3v) is 6.14. The molecule has 1 aliphatic heterocycles. The quantitative estimate of drug-likeness (QED) is 0.364. The fourth-order valence-electron chi connectivity index (χ4n) is 3.88. The van der Waals surface area contributed by atoms with Gasteiger partial charge in [-0.2, -0.15) is 0 Å². The zero-order valence-corrected chi connectivity index (χ0v) is 19.1. The van der Waals surface area contributed by atoms with Crippen molar-refractivity contribution in [3.63, 3.8) is 0 Å². The van der Waals surface area contributed by atoms with Gasteiger partial charge in [0.1, 0.15) is 24.0 Å². The SMILES string of the molecule is C[C@H](O)[C@@H](Nc1ncnc2cc(C(=O)N3CC=CC3)c(Cl)cc12)c1nc2ccc(Cl)cc2[nH]1. The highest BCUT2D eigenvalue weighted by atomic mass is 35.5. The van der Waals surface area contributed by atoms with Crippen molar-refractivity contribution in [2.45, 2.75) is 19.1 Å². The zero-order chi connectivity index (χ0) is 23.1. The summed E-state index contributed by atoms with van der Waals surface area (Å²) in [6.45, 7) is 2.78. The van der Waals surface area contributed by atoms with Gasteiger partial charge in [-0.25, -0.2) is 15.0 Å². The molecule has 168 valence electrons. The molecule has 2 aromatic heterocycles. The van der Waals surface area contributed by atoms with E-state index in [-0.39, 0.29) is 5.91 Å². The number of carbonyl (C=O) groups is 1. The normalized spacial score (nSPS) is 15.3. The largest absolute Gasteiger partial charge is 0.391 e. The number of aromatic nitrogens is 4. The standard InChI is InChI=1S/C23H20Cl2N6O2/c1-12(32)20(22-28-17-5-4-13(24)8-19(17)29-22)30-21-15-9-16(25)14(10-18(15)26-11-27-21)23(33)31-6-2-3-7-31/h2-5,8-12,20,32H,6-7H2,1H3,(H,28,29)(H,26,27,30)/t12-,20+/m0/s1. The summed E-state index contributed by atoms with van der Waals surface area (Å²) < 4.78 is 0. The average Bonchev–Trinajstić information content (AvgIpc) is 3.46. The molecule has 0 radical (unpaired) electrons. The molecule has 4 aromatic rings. The summed E-state index contributed by atoms with van der Waals surface area (Å²) in [6, 6.07) is 8.10. The average molecular weight is 483 g/mol. The molecule has 0 unspecified atom stereocenters. The minimum Gasteiger partial charge on any atom is -0.391 e. The number of H-pyrrole nitrogens is 1. The molecular formula is C23H20Cl2N6O2. The van der Waals surface area contributed by atoms with Gasteiger partial charge in [0.15, 0.2) is 0 Å². The van der Waals surface area contributed by atoms with Gasteiger partial charge in [0.05, 0.1) is 33.2 Å². The number of aliphatic hydroxyl groups is 1. The second-order valence-electron chi connectivity index (χ2n) is 7.90. The van der Waals surface area contributed by atoms with Crippen LogP contribution in [0.25, 0.3) is 21.9 Å². The van der Waals surface area contributed by atoms with Crippen LogP contribution in [0.4, 0.5) is 5.82 Å². The summed E-state index contributed by atoms with van der Waals surface area (Å²) in [6.07, 6.45) is 4.49. The van der Waals surface area contributed by atoms with Gasteiger partial charge in [-0.1, -0.05) is 35.4 Å². The van der Waals surface area contributed by atoms with Gasteiger partial charge in [-0.15, -0.1) is 0 Å². The first-order valence-corrected chi connectivity index (χ1v) is 11.1. The summed E-state index contributed by atoms with van der Waals surface area (Å²) in [5, 5.41) is 15.3. The molecule has 0 bridgehead atoms. The second kappa shape index (κ2) is 8.62. The number of hydrogen-bond donors (Lipinski definition) is 3. The van der Waals surface area contributed by atoms with Crippen LogP contribution in [0.2, 0.25) is 10.0 Å². The van der Waals surface area contributed by atoms with E-state index in [0.717, 1.165) is 11.0 Å². The van der Waals surface area contributed by atoms with Crippen molar-refractivity contribution in [1.82, 2.24) is 24.8 Å². The van der Waals surface area contributed by atoms with Gasteiger partial charge in [-0.05, 0) is 37.3 Å². The lowest BCUT2D eigenvalue weighted by Crippen LogP contribution is -2.28. The van der Waals surface area contributed by atoms with Gasteiger partial charge in [0.2, 0.25) is 0 Å². The summed E-state index contributed by atoms with van der Waals surface area (Å²) in [5.41, 5.74) is 2.45. The number of anilines is 1. The lowest BCUT2D eigenvalue weighted by Gasteiger charge is -2.21. The minimum atomic E-state index is -0.801. The number of amides is 1. The van der Waals surface area contributed by atoms with E-state index in [9.17, 15) is 9.90 Å². The number of aliphatic hydroxyl groups excluding tert-OH is 1. The van der Waals surface area contributed by atoms with Crippen LogP contribution in [-0.2, 0) is 0 Å². The number of carbonyl (C=O) groups excluding carboxylic acids is 1. The highest BCUT2D eigenvalue weighted by Crippen LogP contribution is 2.31. The van der Waals surface area contributed by atoms with Crippen LogP contribution in [0.1, 0.15) is 29.1 Å². The third kappa shape index (κ3) is 4.13. The molecule has 1 amide bonds. The van der Waals surface area contributed by atoms with Crippen LogP contribution in [0.3, 0.4) is 0 Å². The van der Waals surface area contributed by atoms with E-state index in [4.69, 9.17) is 23.2 Å². The summed E-state index contributed by atoms with van der Waals surface area (Å²) in [7, 11) is 0. The molecule has 1 aliphatic rings. The highest BCUT2D eigenvalue weighted by Gasteiger charge is 2.24. The first-order chi connectivity index (χ1) is 15.9. The molecule has 0 saturated carbocycles. The highest BCUT2D eigenvalue weighted by molar-refractivity contribution is 6.35. The fraction of sp³-hybridized carbons (Fsp3) is 0.217. The van der Waals surface area contributed by atoms with Crippen LogP contribution in [0.5, 0.6) is 0 Å². The topological polar surface area (TPSA) is 107 Å². The third-order valence-electron chi connectivity index (χ3n) is 5.59. The first kappa shape index (κ1) is 21.6. The van der Waals surface area contributed by atoms with E-state index in [2.05, 4.69) is 25.3 Å². The van der Waals surface area contributed by atoms with Crippen LogP contribution in [-0.4, -0.2) is 55.0 Å². The Morgan fingerprint density at radius 2 is 1.94 bits per heavy atom. The van der Waals surface area contributed by atoms with Crippen molar-refractivity contribution in [2.75, 3.05) is 18.4 Å². The second-order valence-corrected chi connectivity index (χ2v) is 8.74. The summed E-state index contributed by atoms with van der Waals surface area (Å²) in [5.74, 6) is 0.851. The van der Waals surface area contributed by atoms with Gasteiger partial charge in [0, 0.05) is 23.5 Å². The number of imidazole rings is 1. The van der Waals surface area contributed by atoms with Crippen molar-refractivity contribution in [1.29, 1.82) is 0 Å². The van der Waals surface area contributed by atoms with E-state index in [0.29, 0.717) is 51.2 Å². The Morgan fingerprint density at radius 1 is 1.15 bits per heavy atom. The first-order valence-electron chi connectivity index (χ1n) is 10.4. The molecule has 0 spiro atoms. The van der Waals surface area contributed by atoms with Gasteiger partial charge in [0.25, 0.3) is 5.91 Å². The van der Waals surface area contributed by atoms with E-state index >= 15 is 0 Å². The van der Waals surface area contributed by atoms with E-state index < -0.39 is 12.1 Å². The molecule has 2 atom stereocenters. The van der Waals surface area contributed by atoms with Crippen molar-refractivity contribution < 1.29 is 9.90 Å². The van der Waals surface area contributed by atoms with Crippen molar-refractivity contribution in [3.05, 3.63) is 70.2 Å². The maximum absolute atomic E-state index is 12.8. The predicted molar refractivity (Wildman–Crippen MR) is 129 cm³/mol. The zero-order valence-electron chi connectivity index (χ0n) is 17.6. The number of nitrogens with one attached hydrogen (secondary N) is 2. The minimum absolute atomic E-state index is 0.150. The molecule has 33 heavy (non-hydrogen) atoms. The van der Waals surface area contributed by atoms with E-state index in [1.54, 1.807) is 36.1 Å². The number of rotatable bonds is 5. The van der Waals surface area contributed by atoms with Crippen LogP contribution in [0.15, 0.2) is 48.8 Å². The van der Waals surface area contributed by atoms with Gasteiger partial charge in [-0.3, -0.25) is 4.79 Å². The van der Waals surface area contributed by atoms with Crippen molar-refractivity contribution >= 4 is 56.9 Å². The Morgan fingerprint density at radius 3 is 2.70 bits per heavy atom. The maximum atomic E-state index is 12.8. The van der Waals surface area contributed by atoms with Crippen LogP contribution >= 0.6 is 23.2 Å². The van der Waals surface area contributed by atoms with Gasteiger partial charge < -0.3 is 20.3 Å². The van der Waals surface area contributed by atoms with Crippen LogP contribution in [0, 0.1) is 0 Å². The Labute approximate surface area is 199 Å². The smallest absolute Gasteiger partial charge is 0.256 e. The fourth-order valence-corrected chi connectivity index (χ4v) is 4.30. The molecule has 10 heteroatoms. The molecule has 8 nitrogen and oxygen atoms in total. The van der Waals surface area contributed by atoms with E-state index in [1.165, 1.54) is 6.33 Å². The van der Waals surface area contributed by atoms with Crippen molar-refractivity contribution in [3.8, 4) is 0 Å². The summed E-state index contributed by atoms with van der Waals surface area (Å²) >= 11 is 12.6. The molecule has 0 aliphatic carbocycles. The molecule has 3 N–H and O–H groups in total.